The molecule has 4 heterocycles. The number of benzene rings is 1. The number of hydrogen-bond donors (Lipinski definition) is 1. The quantitative estimate of drug-likeness (QED) is 0.754. The fraction of sp³-hybridized carbons (Fsp3) is 0.400. The van der Waals surface area contributed by atoms with Gasteiger partial charge in [-0.1, -0.05) is 24.3 Å². The number of fused-ring (bicyclic) bond motifs is 5. The van der Waals surface area contributed by atoms with E-state index in [-0.39, 0.29) is 11.5 Å². The second-order valence-corrected chi connectivity index (χ2v) is 7.29. The zero-order valence-electron chi connectivity index (χ0n) is 13.5. The number of para-hydroxylation sites is 1. The van der Waals surface area contributed by atoms with Crippen LogP contribution in [0, 0.1) is 11.8 Å². The number of nitrogens with zero attached hydrogens (tertiary/aromatic N) is 2. The normalized spacial score (nSPS) is 31.0. The highest BCUT2D eigenvalue weighted by atomic mass is 16.3. The number of rotatable bonds is 3. The van der Waals surface area contributed by atoms with Crippen LogP contribution in [-0.4, -0.2) is 34.1 Å². The number of aliphatic hydroxyl groups excluding tert-OH is 1. The van der Waals surface area contributed by atoms with Crippen LogP contribution >= 0.6 is 0 Å². The standard InChI is InChI=1S/C20H20N2O2/c1-2-11-10-22-8-7-12(11)9-15(22)19(23)16-13-5-3-4-6-14(13)21-18-17(16)20(18)24/h2-6,11-12,15,19,23H,1,7-10H2/t11-,12+,15+,19+/m1/s1. The first-order valence-corrected chi connectivity index (χ1v) is 8.71. The van der Waals surface area contributed by atoms with E-state index in [4.69, 9.17) is 0 Å². The van der Waals surface area contributed by atoms with Crippen molar-refractivity contribution in [3.8, 4) is 0 Å². The Labute approximate surface area is 140 Å². The molecule has 5 atom stereocenters. The van der Waals surface area contributed by atoms with Crippen LogP contribution in [-0.2, 0) is 0 Å². The smallest absolute Gasteiger partial charge is 0.214 e. The first kappa shape index (κ1) is 14.3. The molecule has 2 aromatic carbocycles. The lowest BCUT2D eigenvalue weighted by Crippen LogP contribution is -2.54. The number of pyridine rings is 1. The monoisotopic (exact) mass is 320 g/mol. The molecule has 4 heteroatoms. The second kappa shape index (κ2) is 4.98. The molecular weight excluding hydrogens is 300 g/mol. The highest BCUT2D eigenvalue weighted by Crippen LogP contribution is 2.43. The molecule has 0 saturated carbocycles. The lowest BCUT2D eigenvalue weighted by molar-refractivity contribution is -0.0440. The molecule has 4 nitrogen and oxygen atoms in total. The maximum atomic E-state index is 12.1. The molecule has 6 rings (SSSR count). The van der Waals surface area contributed by atoms with Gasteiger partial charge in [0, 0.05) is 23.5 Å². The van der Waals surface area contributed by atoms with Crippen molar-refractivity contribution in [2.24, 2.45) is 11.8 Å². The van der Waals surface area contributed by atoms with Crippen molar-refractivity contribution in [3.05, 3.63) is 52.7 Å². The number of hydrogen-bond acceptors (Lipinski definition) is 4. The summed E-state index contributed by atoms with van der Waals surface area (Å²) in [4.78, 5) is 18.9. The van der Waals surface area contributed by atoms with Crippen molar-refractivity contribution in [3.63, 3.8) is 0 Å². The van der Waals surface area contributed by atoms with Gasteiger partial charge in [0.15, 0.2) is 0 Å². The van der Waals surface area contributed by atoms with E-state index in [1.807, 2.05) is 24.3 Å². The molecule has 3 saturated heterocycles. The van der Waals surface area contributed by atoms with E-state index in [0.717, 1.165) is 36.0 Å². The highest BCUT2D eigenvalue weighted by Gasteiger charge is 2.43. The van der Waals surface area contributed by atoms with Crippen molar-refractivity contribution < 1.29 is 5.11 Å². The van der Waals surface area contributed by atoms with Crippen molar-refractivity contribution in [2.45, 2.75) is 25.0 Å². The molecule has 1 N–H and O–H groups in total. The Kier molecular flexibility index (Phi) is 2.97. The topological polar surface area (TPSA) is 53.4 Å². The number of aliphatic hydroxyl groups is 1. The third-order valence-electron chi connectivity index (χ3n) is 6.13. The van der Waals surface area contributed by atoms with E-state index in [9.17, 15) is 9.90 Å². The van der Waals surface area contributed by atoms with Gasteiger partial charge in [-0.25, -0.2) is 4.98 Å². The molecule has 0 radical (unpaired) electrons. The molecule has 3 aromatic rings. The second-order valence-electron chi connectivity index (χ2n) is 7.29. The zero-order valence-corrected chi connectivity index (χ0v) is 13.5. The Bertz CT molecular complexity index is 969. The molecule has 1 unspecified atom stereocenters. The van der Waals surface area contributed by atoms with Gasteiger partial charge < -0.3 is 5.11 Å². The van der Waals surface area contributed by atoms with Crippen molar-refractivity contribution in [1.29, 1.82) is 0 Å². The first-order chi connectivity index (χ1) is 11.7. The number of aromatic nitrogens is 1. The highest BCUT2D eigenvalue weighted by molar-refractivity contribution is 6.06. The molecule has 122 valence electrons. The largest absolute Gasteiger partial charge is 0.387 e. The average molecular weight is 320 g/mol. The molecule has 0 spiro atoms. The van der Waals surface area contributed by atoms with Crippen LogP contribution < -0.4 is 5.43 Å². The Morgan fingerprint density at radius 2 is 2.21 bits per heavy atom. The Hall–Kier alpha value is -2.04. The minimum absolute atomic E-state index is 0.000173. The molecule has 3 aliphatic heterocycles. The third-order valence-corrected chi connectivity index (χ3v) is 6.13. The molecule has 24 heavy (non-hydrogen) atoms. The molecule has 1 aromatic heterocycles. The fourth-order valence-corrected chi connectivity index (χ4v) is 4.78. The molecule has 2 bridgehead atoms. The van der Waals surface area contributed by atoms with Crippen LogP contribution in [0.25, 0.3) is 21.8 Å². The van der Waals surface area contributed by atoms with E-state index < -0.39 is 6.10 Å². The molecule has 0 amide bonds. The lowest BCUT2D eigenvalue weighted by atomic mass is 9.73. The zero-order chi connectivity index (χ0) is 16.4. The van der Waals surface area contributed by atoms with Crippen molar-refractivity contribution in [1.82, 2.24) is 9.88 Å². The van der Waals surface area contributed by atoms with E-state index >= 15 is 0 Å². The van der Waals surface area contributed by atoms with Gasteiger partial charge in [0.05, 0.1) is 17.0 Å². The van der Waals surface area contributed by atoms with Gasteiger partial charge in [-0.05, 0) is 37.3 Å². The maximum Gasteiger partial charge on any atom is 0.214 e. The summed E-state index contributed by atoms with van der Waals surface area (Å²) >= 11 is 0. The Balaban J connectivity index is 1.60. The van der Waals surface area contributed by atoms with Crippen molar-refractivity contribution in [2.75, 3.05) is 13.1 Å². The molecular formula is C20H20N2O2. The Morgan fingerprint density at radius 3 is 2.96 bits per heavy atom. The van der Waals surface area contributed by atoms with E-state index in [1.54, 1.807) is 0 Å². The summed E-state index contributed by atoms with van der Waals surface area (Å²) in [6, 6.07) is 7.84. The predicted molar refractivity (Wildman–Crippen MR) is 94.6 cm³/mol. The summed E-state index contributed by atoms with van der Waals surface area (Å²) in [6.45, 7) is 5.95. The van der Waals surface area contributed by atoms with Gasteiger partial charge in [0.2, 0.25) is 5.43 Å². The SMILES string of the molecule is C=C[C@@H]1CN2CC[C@H]1C[C@H]2[C@H](O)c1c2ccccc2nc2c(=O)c12. The fourth-order valence-electron chi connectivity index (χ4n) is 4.78. The summed E-state index contributed by atoms with van der Waals surface area (Å²) in [5.74, 6) is 1.12. The van der Waals surface area contributed by atoms with Gasteiger partial charge in [0.25, 0.3) is 0 Å². The van der Waals surface area contributed by atoms with Gasteiger partial charge in [0.1, 0.15) is 5.52 Å². The first-order valence-electron chi connectivity index (χ1n) is 8.71. The summed E-state index contributed by atoms with van der Waals surface area (Å²) in [5.41, 5.74) is 2.15. The van der Waals surface area contributed by atoms with Gasteiger partial charge in [-0.15, -0.1) is 6.58 Å². The predicted octanol–water partition coefficient (Wildman–Crippen LogP) is 2.55. The summed E-state index contributed by atoms with van der Waals surface area (Å²) in [6.07, 6.45) is 3.57. The average Bonchev–Trinajstić information content (AvgIpc) is 3.28. The van der Waals surface area contributed by atoms with Crippen LogP contribution in [0.15, 0.2) is 41.7 Å². The summed E-state index contributed by atoms with van der Waals surface area (Å²) < 4.78 is 0. The van der Waals surface area contributed by atoms with Gasteiger partial charge in [-0.3, -0.25) is 9.69 Å². The van der Waals surface area contributed by atoms with Crippen LogP contribution in [0.5, 0.6) is 0 Å². The minimum Gasteiger partial charge on any atom is -0.387 e. The maximum absolute atomic E-state index is 12.1. The molecule has 3 aliphatic rings. The van der Waals surface area contributed by atoms with Crippen molar-refractivity contribution >= 4 is 21.8 Å². The van der Waals surface area contributed by atoms with E-state index in [2.05, 4.69) is 22.5 Å². The van der Waals surface area contributed by atoms with E-state index in [0.29, 0.717) is 22.7 Å². The van der Waals surface area contributed by atoms with Crippen LogP contribution in [0.2, 0.25) is 0 Å². The number of piperidine rings is 3. The summed E-state index contributed by atoms with van der Waals surface area (Å²) in [7, 11) is 0. The van der Waals surface area contributed by atoms with Gasteiger partial charge >= 0.3 is 0 Å². The van der Waals surface area contributed by atoms with Crippen LogP contribution in [0.4, 0.5) is 0 Å². The third kappa shape index (κ3) is 1.87. The summed E-state index contributed by atoms with van der Waals surface area (Å²) in [5, 5.41) is 12.8. The Morgan fingerprint density at radius 1 is 1.38 bits per heavy atom. The lowest BCUT2D eigenvalue weighted by Gasteiger charge is -2.50. The molecule has 3 fully saturated rings. The van der Waals surface area contributed by atoms with Crippen LogP contribution in [0.1, 0.15) is 24.5 Å². The minimum atomic E-state index is -0.633. The molecule has 0 aliphatic carbocycles. The van der Waals surface area contributed by atoms with Crippen LogP contribution in [0.3, 0.4) is 0 Å². The van der Waals surface area contributed by atoms with Gasteiger partial charge in [-0.2, -0.15) is 0 Å². The van der Waals surface area contributed by atoms with E-state index in [1.165, 1.54) is 6.42 Å².